The van der Waals surface area contributed by atoms with E-state index < -0.39 is 6.10 Å². The van der Waals surface area contributed by atoms with Gasteiger partial charge in [-0.3, -0.25) is 4.79 Å². The first kappa shape index (κ1) is 13.5. The number of ether oxygens (including phenoxy) is 1. The number of rotatable bonds is 3. The van der Waals surface area contributed by atoms with Crippen molar-refractivity contribution in [1.82, 2.24) is 5.32 Å². The number of hydrogen-bond acceptors (Lipinski definition) is 3. The van der Waals surface area contributed by atoms with E-state index in [1.165, 1.54) is 0 Å². The van der Waals surface area contributed by atoms with Gasteiger partial charge in [-0.2, -0.15) is 0 Å². The summed E-state index contributed by atoms with van der Waals surface area (Å²) in [5.41, 5.74) is 2.01. The van der Waals surface area contributed by atoms with Crippen LogP contribution in [-0.4, -0.2) is 18.6 Å². The zero-order valence-electron chi connectivity index (χ0n) is 11.9. The molecule has 0 bridgehead atoms. The summed E-state index contributed by atoms with van der Waals surface area (Å²) in [4.78, 5) is 12.3. The van der Waals surface area contributed by atoms with Crippen molar-refractivity contribution in [1.29, 1.82) is 0 Å². The molecule has 2 atom stereocenters. The quantitative estimate of drug-likeness (QED) is 0.910. The number of para-hydroxylation sites is 2. The van der Waals surface area contributed by atoms with Crippen molar-refractivity contribution in [2.24, 2.45) is 0 Å². The third kappa shape index (κ3) is 2.99. The molecule has 21 heavy (non-hydrogen) atoms. The lowest BCUT2D eigenvalue weighted by Gasteiger charge is -2.27. The van der Waals surface area contributed by atoms with Gasteiger partial charge in [-0.05, 0) is 24.6 Å². The minimum Gasteiger partial charge on any atom is -0.477 e. The highest BCUT2D eigenvalue weighted by Gasteiger charge is 2.26. The molecule has 2 aromatic rings. The molecule has 1 aliphatic heterocycles. The van der Waals surface area contributed by atoms with Crippen LogP contribution < -0.4 is 15.4 Å². The van der Waals surface area contributed by atoms with E-state index in [9.17, 15) is 4.79 Å². The number of amides is 1. The summed E-state index contributed by atoms with van der Waals surface area (Å²) in [5.74, 6) is 0.615. The minimum atomic E-state index is -0.508. The Labute approximate surface area is 124 Å². The van der Waals surface area contributed by atoms with Crippen LogP contribution in [0.15, 0.2) is 54.6 Å². The van der Waals surface area contributed by atoms with Gasteiger partial charge in [-0.15, -0.1) is 0 Å². The van der Waals surface area contributed by atoms with Crippen LogP contribution in [0.1, 0.15) is 18.5 Å². The van der Waals surface area contributed by atoms with E-state index in [2.05, 4.69) is 10.6 Å². The van der Waals surface area contributed by atoms with Crippen LogP contribution in [0.3, 0.4) is 0 Å². The normalized spacial score (nSPS) is 17.9. The number of fused-ring (bicyclic) bond motifs is 1. The highest BCUT2D eigenvalue weighted by Crippen LogP contribution is 2.28. The summed E-state index contributed by atoms with van der Waals surface area (Å²) in [7, 11) is 0. The monoisotopic (exact) mass is 282 g/mol. The number of nitrogens with one attached hydrogen (secondary N) is 2. The fraction of sp³-hybridized carbons (Fsp3) is 0.235. The second-order valence-electron chi connectivity index (χ2n) is 5.12. The maximum atomic E-state index is 12.3. The van der Waals surface area contributed by atoms with E-state index in [0.29, 0.717) is 6.54 Å². The standard InChI is InChI=1S/C17H18N2O2/c1-12(13-7-3-2-4-8-13)19-17(20)16-11-18-14-9-5-6-10-15(14)21-16/h2-10,12,16,18H,11H2,1H3,(H,19,20)/t12-,16?/m1/s1. The predicted molar refractivity (Wildman–Crippen MR) is 82.3 cm³/mol. The summed E-state index contributed by atoms with van der Waals surface area (Å²) >= 11 is 0. The highest BCUT2D eigenvalue weighted by molar-refractivity contribution is 5.83. The minimum absolute atomic E-state index is 0.0422. The Hall–Kier alpha value is -2.49. The lowest BCUT2D eigenvalue weighted by Crippen LogP contribution is -2.45. The zero-order valence-corrected chi connectivity index (χ0v) is 11.9. The number of anilines is 1. The van der Waals surface area contributed by atoms with E-state index in [-0.39, 0.29) is 11.9 Å². The third-order valence-corrected chi connectivity index (χ3v) is 3.58. The number of carbonyl (C=O) groups is 1. The molecule has 4 heteroatoms. The second kappa shape index (κ2) is 5.87. The van der Waals surface area contributed by atoms with Crippen LogP contribution in [-0.2, 0) is 4.79 Å². The molecule has 0 fully saturated rings. The molecule has 0 radical (unpaired) electrons. The van der Waals surface area contributed by atoms with Gasteiger partial charge in [0.2, 0.25) is 0 Å². The van der Waals surface area contributed by atoms with Gasteiger partial charge in [-0.1, -0.05) is 42.5 Å². The first-order valence-electron chi connectivity index (χ1n) is 7.09. The Morgan fingerprint density at radius 3 is 2.71 bits per heavy atom. The molecule has 1 amide bonds. The van der Waals surface area contributed by atoms with Crippen molar-refractivity contribution in [2.45, 2.75) is 19.1 Å². The average Bonchev–Trinajstić information content (AvgIpc) is 2.55. The Morgan fingerprint density at radius 1 is 1.19 bits per heavy atom. The molecule has 2 aromatic carbocycles. The molecule has 0 aliphatic carbocycles. The molecule has 1 aliphatic rings. The van der Waals surface area contributed by atoms with Crippen LogP contribution >= 0.6 is 0 Å². The van der Waals surface area contributed by atoms with E-state index in [0.717, 1.165) is 17.0 Å². The zero-order chi connectivity index (χ0) is 14.7. The second-order valence-corrected chi connectivity index (χ2v) is 5.12. The van der Waals surface area contributed by atoms with Gasteiger partial charge in [0.1, 0.15) is 5.75 Å². The van der Waals surface area contributed by atoms with Gasteiger partial charge >= 0.3 is 0 Å². The number of hydrogen-bond donors (Lipinski definition) is 2. The van der Waals surface area contributed by atoms with Crippen molar-refractivity contribution in [3.8, 4) is 5.75 Å². The lowest BCUT2D eigenvalue weighted by atomic mass is 10.1. The largest absolute Gasteiger partial charge is 0.477 e. The van der Waals surface area contributed by atoms with E-state index in [4.69, 9.17) is 4.74 Å². The van der Waals surface area contributed by atoms with E-state index >= 15 is 0 Å². The molecule has 1 unspecified atom stereocenters. The number of carbonyl (C=O) groups excluding carboxylic acids is 1. The lowest BCUT2D eigenvalue weighted by molar-refractivity contribution is -0.128. The maximum absolute atomic E-state index is 12.3. The SMILES string of the molecule is C[C@@H](NC(=O)C1CNc2ccccc2O1)c1ccccc1. The van der Waals surface area contributed by atoms with E-state index in [1.807, 2.05) is 61.5 Å². The molecule has 2 N–H and O–H groups in total. The molecule has 0 spiro atoms. The maximum Gasteiger partial charge on any atom is 0.263 e. The molecule has 4 nitrogen and oxygen atoms in total. The third-order valence-electron chi connectivity index (χ3n) is 3.58. The summed E-state index contributed by atoms with van der Waals surface area (Å²) in [6.07, 6.45) is -0.508. The first-order valence-corrected chi connectivity index (χ1v) is 7.09. The summed E-state index contributed by atoms with van der Waals surface area (Å²) in [5, 5.41) is 6.21. The fourth-order valence-corrected chi connectivity index (χ4v) is 2.39. The Balaban J connectivity index is 1.65. The molecule has 0 saturated carbocycles. The van der Waals surface area contributed by atoms with Crippen molar-refractivity contribution < 1.29 is 9.53 Å². The van der Waals surface area contributed by atoms with Crippen LogP contribution in [0.25, 0.3) is 0 Å². The van der Waals surface area contributed by atoms with Crippen molar-refractivity contribution >= 4 is 11.6 Å². The molecule has 0 aromatic heterocycles. The average molecular weight is 282 g/mol. The summed E-state index contributed by atoms with van der Waals surface area (Å²) < 4.78 is 5.76. The summed E-state index contributed by atoms with van der Waals surface area (Å²) in [6, 6.07) is 17.5. The van der Waals surface area contributed by atoms with Crippen molar-refractivity contribution in [3.63, 3.8) is 0 Å². The van der Waals surface area contributed by atoms with Crippen LogP contribution in [0, 0.1) is 0 Å². The fourth-order valence-electron chi connectivity index (χ4n) is 2.39. The molecule has 108 valence electrons. The van der Waals surface area contributed by atoms with Gasteiger partial charge in [0.05, 0.1) is 18.3 Å². The predicted octanol–water partition coefficient (Wildman–Crippen LogP) is 2.74. The number of benzene rings is 2. The van der Waals surface area contributed by atoms with Crippen molar-refractivity contribution in [2.75, 3.05) is 11.9 Å². The van der Waals surface area contributed by atoms with Crippen LogP contribution in [0.2, 0.25) is 0 Å². The van der Waals surface area contributed by atoms with Gasteiger partial charge < -0.3 is 15.4 Å². The Morgan fingerprint density at radius 2 is 1.90 bits per heavy atom. The van der Waals surface area contributed by atoms with E-state index in [1.54, 1.807) is 0 Å². The topological polar surface area (TPSA) is 50.4 Å². The van der Waals surface area contributed by atoms with Crippen LogP contribution in [0.5, 0.6) is 5.75 Å². The molecular formula is C17H18N2O2. The Bertz CT molecular complexity index is 628. The molecular weight excluding hydrogens is 264 g/mol. The van der Waals surface area contributed by atoms with Crippen LogP contribution in [0.4, 0.5) is 5.69 Å². The molecule has 3 rings (SSSR count). The van der Waals surface area contributed by atoms with Crippen molar-refractivity contribution in [3.05, 3.63) is 60.2 Å². The van der Waals surface area contributed by atoms with Gasteiger partial charge in [0.25, 0.3) is 5.91 Å². The van der Waals surface area contributed by atoms with Gasteiger partial charge in [0, 0.05) is 0 Å². The first-order chi connectivity index (χ1) is 10.2. The van der Waals surface area contributed by atoms with Gasteiger partial charge in [-0.25, -0.2) is 0 Å². The highest BCUT2D eigenvalue weighted by atomic mass is 16.5. The smallest absolute Gasteiger partial charge is 0.263 e. The Kier molecular flexibility index (Phi) is 3.77. The molecule has 1 heterocycles. The molecule has 0 saturated heterocycles. The van der Waals surface area contributed by atoms with Gasteiger partial charge in [0.15, 0.2) is 6.10 Å². The summed E-state index contributed by atoms with van der Waals surface area (Å²) in [6.45, 7) is 2.45.